The summed E-state index contributed by atoms with van der Waals surface area (Å²) >= 11 is 5.80. The number of ketones is 1. The highest BCUT2D eigenvalue weighted by Gasteiger charge is 2.26. The molecular formula is C12H9ClN2O4. The molecular weight excluding hydrogens is 272 g/mol. The van der Waals surface area contributed by atoms with Gasteiger partial charge in [-0.3, -0.25) is 9.59 Å². The SMILES string of the molecule is NC(C(=O)O)C(=O)c1nc2cc(Cl)ccc2cc1O. The minimum Gasteiger partial charge on any atom is -0.506 e. The lowest BCUT2D eigenvalue weighted by Gasteiger charge is -2.08. The lowest BCUT2D eigenvalue weighted by molar-refractivity contribution is -0.137. The first kappa shape index (κ1) is 13.3. The second-order valence-corrected chi connectivity index (χ2v) is 4.31. The smallest absolute Gasteiger partial charge is 0.328 e. The molecule has 0 saturated heterocycles. The Morgan fingerprint density at radius 1 is 1.32 bits per heavy atom. The number of nitrogens with zero attached hydrogens (tertiary/aromatic N) is 1. The van der Waals surface area contributed by atoms with Crippen molar-refractivity contribution in [3.8, 4) is 5.75 Å². The van der Waals surface area contributed by atoms with Crippen LogP contribution in [0.4, 0.5) is 0 Å². The molecule has 7 heteroatoms. The molecule has 2 rings (SSSR count). The van der Waals surface area contributed by atoms with Gasteiger partial charge in [-0.05, 0) is 18.2 Å². The predicted molar refractivity (Wildman–Crippen MR) is 68.4 cm³/mol. The first-order valence-electron chi connectivity index (χ1n) is 5.22. The van der Waals surface area contributed by atoms with E-state index >= 15 is 0 Å². The zero-order chi connectivity index (χ0) is 14.2. The molecule has 0 aliphatic heterocycles. The van der Waals surface area contributed by atoms with E-state index in [0.717, 1.165) is 0 Å². The number of aromatic hydroxyl groups is 1. The van der Waals surface area contributed by atoms with E-state index in [4.69, 9.17) is 22.4 Å². The van der Waals surface area contributed by atoms with Crippen LogP contribution in [0.25, 0.3) is 10.9 Å². The van der Waals surface area contributed by atoms with Crippen LogP contribution in [0, 0.1) is 0 Å². The predicted octanol–water partition coefficient (Wildman–Crippen LogP) is 1.19. The molecule has 1 unspecified atom stereocenters. The molecule has 0 aliphatic rings. The molecule has 1 heterocycles. The van der Waals surface area contributed by atoms with Gasteiger partial charge in [0.1, 0.15) is 5.75 Å². The Labute approximate surface area is 112 Å². The quantitative estimate of drug-likeness (QED) is 0.575. The van der Waals surface area contributed by atoms with Gasteiger partial charge in [0.2, 0.25) is 5.78 Å². The van der Waals surface area contributed by atoms with Crippen LogP contribution >= 0.6 is 11.6 Å². The van der Waals surface area contributed by atoms with Gasteiger partial charge in [-0.15, -0.1) is 0 Å². The molecule has 1 aromatic carbocycles. The topological polar surface area (TPSA) is 114 Å². The summed E-state index contributed by atoms with van der Waals surface area (Å²) in [6, 6.07) is 4.26. The summed E-state index contributed by atoms with van der Waals surface area (Å²) in [7, 11) is 0. The second kappa shape index (κ2) is 4.83. The molecule has 0 amide bonds. The molecule has 0 saturated carbocycles. The fourth-order valence-electron chi connectivity index (χ4n) is 1.57. The van der Waals surface area contributed by atoms with Crippen molar-refractivity contribution in [3.05, 3.63) is 35.0 Å². The average Bonchev–Trinajstić information content (AvgIpc) is 2.36. The Kier molecular flexibility index (Phi) is 3.37. The van der Waals surface area contributed by atoms with Crippen molar-refractivity contribution in [1.82, 2.24) is 4.98 Å². The van der Waals surface area contributed by atoms with E-state index in [0.29, 0.717) is 15.9 Å². The van der Waals surface area contributed by atoms with E-state index in [-0.39, 0.29) is 5.69 Å². The van der Waals surface area contributed by atoms with Gasteiger partial charge in [0.15, 0.2) is 11.7 Å². The molecule has 2 aromatic rings. The highest BCUT2D eigenvalue weighted by Crippen LogP contribution is 2.25. The number of benzene rings is 1. The van der Waals surface area contributed by atoms with Crippen molar-refractivity contribution in [2.75, 3.05) is 0 Å². The summed E-state index contributed by atoms with van der Waals surface area (Å²) < 4.78 is 0. The number of carboxylic acids is 1. The van der Waals surface area contributed by atoms with Gasteiger partial charge in [-0.2, -0.15) is 0 Å². The molecule has 0 radical (unpaired) electrons. The van der Waals surface area contributed by atoms with Crippen LogP contribution < -0.4 is 5.73 Å². The number of hydrogen-bond acceptors (Lipinski definition) is 5. The first-order valence-corrected chi connectivity index (χ1v) is 5.60. The highest BCUT2D eigenvalue weighted by atomic mass is 35.5. The molecule has 6 nitrogen and oxygen atoms in total. The van der Waals surface area contributed by atoms with E-state index in [9.17, 15) is 14.7 Å². The number of aliphatic carboxylic acids is 1. The summed E-state index contributed by atoms with van der Waals surface area (Å²) in [5, 5.41) is 19.4. The van der Waals surface area contributed by atoms with Gasteiger partial charge >= 0.3 is 5.97 Å². The first-order chi connectivity index (χ1) is 8.90. The van der Waals surface area contributed by atoms with Gasteiger partial charge < -0.3 is 15.9 Å². The van der Waals surface area contributed by atoms with Crippen LogP contribution in [0.1, 0.15) is 10.5 Å². The minimum absolute atomic E-state index is 0.367. The average molecular weight is 281 g/mol. The number of halogens is 1. The van der Waals surface area contributed by atoms with E-state index in [1.54, 1.807) is 12.1 Å². The number of nitrogens with two attached hydrogens (primary N) is 1. The van der Waals surface area contributed by atoms with Gasteiger partial charge in [-0.1, -0.05) is 17.7 Å². The molecule has 19 heavy (non-hydrogen) atoms. The number of carbonyl (C=O) groups is 2. The lowest BCUT2D eigenvalue weighted by atomic mass is 10.1. The van der Waals surface area contributed by atoms with Crippen molar-refractivity contribution >= 4 is 34.3 Å². The number of aromatic nitrogens is 1. The van der Waals surface area contributed by atoms with Crippen LogP contribution in [0.15, 0.2) is 24.3 Å². The van der Waals surface area contributed by atoms with Crippen LogP contribution in [0.5, 0.6) is 5.75 Å². The molecule has 0 bridgehead atoms. The van der Waals surface area contributed by atoms with E-state index in [1.807, 2.05) is 0 Å². The van der Waals surface area contributed by atoms with E-state index < -0.39 is 23.5 Å². The highest BCUT2D eigenvalue weighted by molar-refractivity contribution is 6.31. The lowest BCUT2D eigenvalue weighted by Crippen LogP contribution is -2.38. The molecule has 1 atom stereocenters. The number of carbonyl (C=O) groups excluding carboxylic acids is 1. The number of rotatable bonds is 3. The third-order valence-corrected chi connectivity index (χ3v) is 2.78. The normalized spacial score (nSPS) is 12.3. The van der Waals surface area contributed by atoms with Crippen molar-refractivity contribution in [3.63, 3.8) is 0 Å². The molecule has 4 N–H and O–H groups in total. The third kappa shape index (κ3) is 2.49. The van der Waals surface area contributed by atoms with E-state index in [1.165, 1.54) is 12.1 Å². The molecule has 0 fully saturated rings. The van der Waals surface area contributed by atoms with Gasteiger partial charge in [0.05, 0.1) is 5.52 Å². The number of Topliss-reactive ketones (excluding diaryl/α,β-unsaturated/α-hetero) is 1. The maximum Gasteiger partial charge on any atom is 0.328 e. The second-order valence-electron chi connectivity index (χ2n) is 3.87. The summed E-state index contributed by atoms with van der Waals surface area (Å²) in [5.74, 6) is -2.87. The summed E-state index contributed by atoms with van der Waals surface area (Å²) in [6.45, 7) is 0. The number of hydrogen-bond donors (Lipinski definition) is 3. The van der Waals surface area contributed by atoms with Crippen molar-refractivity contribution in [2.24, 2.45) is 5.73 Å². The van der Waals surface area contributed by atoms with E-state index in [2.05, 4.69) is 4.98 Å². The minimum atomic E-state index is -1.77. The van der Waals surface area contributed by atoms with Gasteiger partial charge in [0, 0.05) is 10.4 Å². The fraction of sp³-hybridized carbons (Fsp3) is 0.0833. The molecule has 0 spiro atoms. The Hall–Kier alpha value is -2.18. The largest absolute Gasteiger partial charge is 0.506 e. The van der Waals surface area contributed by atoms with Crippen molar-refractivity contribution < 1.29 is 19.8 Å². The fourth-order valence-corrected chi connectivity index (χ4v) is 1.74. The van der Waals surface area contributed by atoms with Gasteiger partial charge in [-0.25, -0.2) is 4.98 Å². The molecule has 98 valence electrons. The Morgan fingerprint density at radius 3 is 2.63 bits per heavy atom. The molecule has 1 aromatic heterocycles. The Balaban J connectivity index is 2.57. The maximum atomic E-state index is 11.8. The van der Waals surface area contributed by atoms with Crippen molar-refractivity contribution in [1.29, 1.82) is 0 Å². The Morgan fingerprint density at radius 2 is 2.00 bits per heavy atom. The number of pyridine rings is 1. The monoisotopic (exact) mass is 280 g/mol. The van der Waals surface area contributed by atoms with Crippen LogP contribution in [-0.2, 0) is 4.79 Å². The summed E-state index contributed by atoms with van der Waals surface area (Å²) in [6.07, 6.45) is 0. The van der Waals surface area contributed by atoms with Gasteiger partial charge in [0.25, 0.3) is 0 Å². The van der Waals surface area contributed by atoms with Crippen LogP contribution in [-0.4, -0.2) is 33.0 Å². The zero-order valence-electron chi connectivity index (χ0n) is 9.50. The number of fused-ring (bicyclic) bond motifs is 1. The molecule has 0 aliphatic carbocycles. The maximum absolute atomic E-state index is 11.8. The van der Waals surface area contributed by atoms with Crippen LogP contribution in [0.3, 0.4) is 0 Å². The third-order valence-electron chi connectivity index (χ3n) is 2.54. The number of carboxylic acid groups (broad SMARTS) is 1. The van der Waals surface area contributed by atoms with Crippen molar-refractivity contribution in [2.45, 2.75) is 6.04 Å². The summed E-state index contributed by atoms with van der Waals surface area (Å²) in [5.41, 5.74) is 5.19. The zero-order valence-corrected chi connectivity index (χ0v) is 10.3. The summed E-state index contributed by atoms with van der Waals surface area (Å²) in [4.78, 5) is 26.4. The standard InChI is InChI=1S/C12H9ClN2O4/c13-6-2-1-5-3-8(16)10(15-7(5)4-6)11(17)9(14)12(18)19/h1-4,9,16H,14H2,(H,18,19). The Bertz CT molecular complexity index is 687. The van der Waals surface area contributed by atoms with Crippen LogP contribution in [0.2, 0.25) is 5.02 Å².